The second-order valence-corrected chi connectivity index (χ2v) is 6.09. The first-order valence-electron chi connectivity index (χ1n) is 6.91. The summed E-state index contributed by atoms with van der Waals surface area (Å²) in [5.41, 5.74) is 7.91. The van der Waals surface area contributed by atoms with Gasteiger partial charge in [-0.2, -0.15) is 0 Å². The largest absolute Gasteiger partial charge is 0.495 e. The van der Waals surface area contributed by atoms with E-state index in [0.717, 1.165) is 18.5 Å². The van der Waals surface area contributed by atoms with Gasteiger partial charge in [-0.25, -0.2) is 4.98 Å². The topological polar surface area (TPSA) is 77.2 Å². The molecule has 1 aromatic heterocycles. The van der Waals surface area contributed by atoms with Gasteiger partial charge in [0.25, 0.3) is 5.91 Å². The fourth-order valence-electron chi connectivity index (χ4n) is 2.43. The Hall–Kier alpha value is -2.08. The Balaban J connectivity index is 1.78. The first-order chi connectivity index (χ1) is 10.2. The van der Waals surface area contributed by atoms with Crippen LogP contribution in [0, 0.1) is 0 Å². The highest BCUT2D eigenvalue weighted by molar-refractivity contribution is 7.15. The van der Waals surface area contributed by atoms with Gasteiger partial charge in [0.1, 0.15) is 5.75 Å². The normalized spacial score (nSPS) is 13.6. The van der Waals surface area contributed by atoms with E-state index in [9.17, 15) is 4.79 Å². The van der Waals surface area contributed by atoms with Gasteiger partial charge in [-0.15, -0.1) is 11.3 Å². The van der Waals surface area contributed by atoms with Gasteiger partial charge < -0.3 is 10.5 Å². The molecule has 0 atom stereocenters. The number of nitrogens with one attached hydrogen (secondary N) is 1. The Bertz CT molecular complexity index is 658. The highest BCUT2D eigenvalue weighted by Crippen LogP contribution is 2.30. The highest BCUT2D eigenvalue weighted by atomic mass is 32.1. The SMILES string of the molecule is COc1cc(C(=O)Nc2nc3c(s2)CCCC3)ccc1N. The summed E-state index contributed by atoms with van der Waals surface area (Å²) in [5, 5.41) is 3.53. The average molecular weight is 303 g/mol. The summed E-state index contributed by atoms with van der Waals surface area (Å²) in [5.74, 6) is 0.306. The fraction of sp³-hybridized carbons (Fsp3) is 0.333. The number of amides is 1. The van der Waals surface area contributed by atoms with Crippen LogP contribution in [0.15, 0.2) is 18.2 Å². The van der Waals surface area contributed by atoms with Gasteiger partial charge in [0.2, 0.25) is 0 Å². The Kier molecular flexibility index (Phi) is 3.79. The second kappa shape index (κ2) is 5.73. The van der Waals surface area contributed by atoms with Crippen LogP contribution in [-0.2, 0) is 12.8 Å². The van der Waals surface area contributed by atoms with E-state index < -0.39 is 0 Å². The molecule has 2 aromatic rings. The molecule has 1 heterocycles. The lowest BCUT2D eigenvalue weighted by Crippen LogP contribution is -2.12. The maximum absolute atomic E-state index is 12.3. The summed E-state index contributed by atoms with van der Waals surface area (Å²) < 4.78 is 5.13. The van der Waals surface area contributed by atoms with Crippen LogP contribution >= 0.6 is 11.3 Å². The molecule has 1 aliphatic carbocycles. The molecule has 0 unspecified atom stereocenters. The summed E-state index contributed by atoms with van der Waals surface area (Å²) in [6.07, 6.45) is 4.47. The lowest BCUT2D eigenvalue weighted by atomic mass is 10.0. The summed E-state index contributed by atoms with van der Waals surface area (Å²) in [4.78, 5) is 18.1. The van der Waals surface area contributed by atoms with E-state index in [2.05, 4.69) is 10.3 Å². The van der Waals surface area contributed by atoms with Gasteiger partial charge in [-0.3, -0.25) is 10.1 Å². The number of rotatable bonds is 3. The van der Waals surface area contributed by atoms with E-state index in [-0.39, 0.29) is 5.91 Å². The third kappa shape index (κ3) is 2.85. The molecule has 5 nitrogen and oxygen atoms in total. The van der Waals surface area contributed by atoms with Crippen LogP contribution in [0.3, 0.4) is 0 Å². The fourth-order valence-corrected chi connectivity index (χ4v) is 3.47. The number of aryl methyl sites for hydroxylation is 2. The third-order valence-electron chi connectivity index (χ3n) is 3.56. The molecule has 0 spiro atoms. The summed E-state index contributed by atoms with van der Waals surface area (Å²) in [6, 6.07) is 4.99. The number of aromatic nitrogens is 1. The molecule has 0 fully saturated rings. The van der Waals surface area contributed by atoms with Crippen LogP contribution in [0.2, 0.25) is 0 Å². The first kappa shape index (κ1) is 13.9. The molecular weight excluding hydrogens is 286 g/mol. The van der Waals surface area contributed by atoms with Crippen molar-refractivity contribution in [2.24, 2.45) is 0 Å². The Labute approximate surface area is 127 Å². The zero-order valence-corrected chi connectivity index (χ0v) is 12.6. The Morgan fingerprint density at radius 1 is 1.38 bits per heavy atom. The molecule has 0 radical (unpaired) electrons. The minimum atomic E-state index is -0.195. The maximum atomic E-state index is 12.3. The van der Waals surface area contributed by atoms with Crippen molar-refractivity contribution in [2.75, 3.05) is 18.2 Å². The maximum Gasteiger partial charge on any atom is 0.257 e. The lowest BCUT2D eigenvalue weighted by Gasteiger charge is -2.07. The van der Waals surface area contributed by atoms with Gasteiger partial charge in [0.15, 0.2) is 5.13 Å². The van der Waals surface area contributed by atoms with E-state index in [4.69, 9.17) is 10.5 Å². The molecule has 21 heavy (non-hydrogen) atoms. The molecule has 3 rings (SSSR count). The molecular formula is C15H17N3O2S. The minimum Gasteiger partial charge on any atom is -0.495 e. The summed E-state index contributed by atoms with van der Waals surface area (Å²) >= 11 is 1.57. The van der Waals surface area contributed by atoms with Gasteiger partial charge in [0, 0.05) is 10.4 Å². The molecule has 1 aromatic carbocycles. The standard InChI is InChI=1S/C15H17N3O2S/c1-20-12-8-9(6-7-10(12)16)14(19)18-15-17-11-4-2-3-5-13(11)21-15/h6-8H,2-5,16H2,1H3,(H,17,18,19). The monoisotopic (exact) mass is 303 g/mol. The van der Waals surface area contributed by atoms with E-state index in [1.54, 1.807) is 29.5 Å². The molecule has 0 saturated carbocycles. The number of nitrogens with zero attached hydrogens (tertiary/aromatic N) is 1. The van der Waals surface area contributed by atoms with Crippen LogP contribution in [-0.4, -0.2) is 18.0 Å². The quantitative estimate of drug-likeness (QED) is 0.855. The molecule has 0 bridgehead atoms. The number of anilines is 2. The van der Waals surface area contributed by atoms with Gasteiger partial charge in [-0.05, 0) is 43.9 Å². The minimum absolute atomic E-state index is 0.195. The average Bonchev–Trinajstić information content (AvgIpc) is 2.89. The van der Waals surface area contributed by atoms with E-state index in [1.165, 1.54) is 24.8 Å². The van der Waals surface area contributed by atoms with E-state index >= 15 is 0 Å². The van der Waals surface area contributed by atoms with E-state index in [1.807, 2.05) is 0 Å². The molecule has 1 amide bonds. The van der Waals surface area contributed by atoms with Crippen molar-refractivity contribution in [2.45, 2.75) is 25.7 Å². The van der Waals surface area contributed by atoms with Crippen LogP contribution < -0.4 is 15.8 Å². The molecule has 3 N–H and O–H groups in total. The van der Waals surface area contributed by atoms with Crippen molar-refractivity contribution in [3.8, 4) is 5.75 Å². The van der Waals surface area contributed by atoms with Crippen molar-refractivity contribution in [1.29, 1.82) is 0 Å². The van der Waals surface area contributed by atoms with Crippen LogP contribution in [0.1, 0.15) is 33.8 Å². The van der Waals surface area contributed by atoms with Crippen molar-refractivity contribution < 1.29 is 9.53 Å². The van der Waals surface area contributed by atoms with Gasteiger partial charge in [-0.1, -0.05) is 0 Å². The van der Waals surface area contributed by atoms with Crippen molar-refractivity contribution in [3.63, 3.8) is 0 Å². The Morgan fingerprint density at radius 3 is 2.95 bits per heavy atom. The number of methoxy groups -OCH3 is 1. The predicted molar refractivity (Wildman–Crippen MR) is 84.1 cm³/mol. The second-order valence-electron chi connectivity index (χ2n) is 5.01. The Morgan fingerprint density at radius 2 is 2.19 bits per heavy atom. The molecule has 0 aliphatic heterocycles. The zero-order chi connectivity index (χ0) is 14.8. The molecule has 0 saturated heterocycles. The first-order valence-corrected chi connectivity index (χ1v) is 7.72. The number of ether oxygens (including phenoxy) is 1. The smallest absolute Gasteiger partial charge is 0.257 e. The summed E-state index contributed by atoms with van der Waals surface area (Å²) in [6.45, 7) is 0. The van der Waals surface area contributed by atoms with Crippen LogP contribution in [0.4, 0.5) is 10.8 Å². The number of hydrogen-bond acceptors (Lipinski definition) is 5. The number of nitrogen functional groups attached to an aromatic ring is 1. The van der Waals surface area contributed by atoms with Crippen LogP contribution in [0.25, 0.3) is 0 Å². The number of thiazole rings is 1. The van der Waals surface area contributed by atoms with Crippen molar-refractivity contribution in [3.05, 3.63) is 34.3 Å². The van der Waals surface area contributed by atoms with Gasteiger partial charge in [0.05, 0.1) is 18.5 Å². The molecule has 1 aliphatic rings. The third-order valence-corrected chi connectivity index (χ3v) is 4.63. The lowest BCUT2D eigenvalue weighted by molar-refractivity contribution is 0.102. The number of benzene rings is 1. The number of carbonyl (C=O) groups excluding carboxylic acids is 1. The highest BCUT2D eigenvalue weighted by Gasteiger charge is 2.17. The van der Waals surface area contributed by atoms with E-state index in [0.29, 0.717) is 22.1 Å². The molecule has 110 valence electrons. The van der Waals surface area contributed by atoms with Crippen molar-refractivity contribution in [1.82, 2.24) is 4.98 Å². The number of carbonyl (C=O) groups is 1. The number of nitrogens with two attached hydrogens (primary N) is 1. The number of fused-ring (bicyclic) bond motifs is 1. The van der Waals surface area contributed by atoms with Gasteiger partial charge >= 0.3 is 0 Å². The number of hydrogen-bond donors (Lipinski definition) is 2. The van der Waals surface area contributed by atoms with Crippen molar-refractivity contribution >= 4 is 28.1 Å². The zero-order valence-electron chi connectivity index (χ0n) is 11.8. The predicted octanol–water partition coefficient (Wildman–Crippen LogP) is 2.87. The summed E-state index contributed by atoms with van der Waals surface area (Å²) in [7, 11) is 1.53. The molecule has 6 heteroatoms. The van der Waals surface area contributed by atoms with Crippen LogP contribution in [0.5, 0.6) is 5.75 Å².